The van der Waals surface area contributed by atoms with Crippen LogP contribution in [-0.2, 0) is 0 Å². The first-order chi connectivity index (χ1) is 8.49. The minimum atomic E-state index is -0.0778. The minimum Gasteiger partial charge on any atom is -0.350 e. The van der Waals surface area contributed by atoms with Crippen LogP contribution in [-0.4, -0.2) is 26.9 Å². The zero-order chi connectivity index (χ0) is 13.3. The van der Waals surface area contributed by atoms with Crippen molar-refractivity contribution in [3.05, 3.63) is 23.8 Å². The van der Waals surface area contributed by atoms with E-state index < -0.39 is 0 Å². The summed E-state index contributed by atoms with van der Waals surface area (Å²) >= 11 is 0. The zero-order valence-corrected chi connectivity index (χ0v) is 11.1. The third kappa shape index (κ3) is 2.34. The summed E-state index contributed by atoms with van der Waals surface area (Å²) in [5, 5.41) is 11.0. The van der Waals surface area contributed by atoms with E-state index in [-0.39, 0.29) is 18.0 Å². The first kappa shape index (κ1) is 12.5. The van der Waals surface area contributed by atoms with Gasteiger partial charge in [-0.05, 0) is 45.9 Å². The summed E-state index contributed by atoms with van der Waals surface area (Å²) in [5.74, 6) is -0.0778. The van der Waals surface area contributed by atoms with E-state index in [4.69, 9.17) is 0 Å². The summed E-state index contributed by atoms with van der Waals surface area (Å²) in [6, 6.07) is 5.86. The predicted molar refractivity (Wildman–Crippen MR) is 70.5 cm³/mol. The van der Waals surface area contributed by atoms with E-state index in [1.54, 1.807) is 6.07 Å². The van der Waals surface area contributed by atoms with Crippen LogP contribution in [0.2, 0.25) is 0 Å². The van der Waals surface area contributed by atoms with E-state index in [9.17, 15) is 4.79 Å². The van der Waals surface area contributed by atoms with Crippen LogP contribution in [0.1, 0.15) is 44.1 Å². The van der Waals surface area contributed by atoms with Crippen molar-refractivity contribution in [2.24, 2.45) is 0 Å². The molecule has 1 amide bonds. The average molecular weight is 246 g/mol. The highest BCUT2D eigenvalue weighted by atomic mass is 16.1. The molecule has 1 aromatic heterocycles. The van der Waals surface area contributed by atoms with E-state index >= 15 is 0 Å². The number of hydrogen-bond acceptors (Lipinski definition) is 3. The number of carbonyl (C=O) groups excluding carboxylic acids is 1. The molecule has 2 rings (SSSR count). The number of rotatable bonds is 3. The van der Waals surface area contributed by atoms with E-state index in [0.717, 1.165) is 11.0 Å². The maximum absolute atomic E-state index is 11.9. The van der Waals surface area contributed by atoms with E-state index in [1.165, 1.54) is 0 Å². The molecular formula is C13H18N4O. The normalized spacial score (nSPS) is 11.4. The largest absolute Gasteiger partial charge is 0.350 e. The maximum atomic E-state index is 11.9. The maximum Gasteiger partial charge on any atom is 0.251 e. The number of nitrogens with zero attached hydrogens (tertiary/aromatic N) is 3. The van der Waals surface area contributed by atoms with Gasteiger partial charge in [0, 0.05) is 17.6 Å². The Morgan fingerprint density at radius 3 is 2.61 bits per heavy atom. The van der Waals surface area contributed by atoms with Gasteiger partial charge in [-0.2, -0.15) is 0 Å². The van der Waals surface area contributed by atoms with Crippen LogP contribution in [0, 0.1) is 0 Å². The van der Waals surface area contributed by atoms with Crippen molar-refractivity contribution >= 4 is 16.9 Å². The van der Waals surface area contributed by atoms with Gasteiger partial charge in [0.05, 0.1) is 5.52 Å². The summed E-state index contributed by atoms with van der Waals surface area (Å²) in [6.45, 7) is 7.97. The van der Waals surface area contributed by atoms with Crippen LogP contribution in [0.4, 0.5) is 0 Å². The molecule has 0 unspecified atom stereocenters. The fourth-order valence-corrected chi connectivity index (χ4v) is 1.81. The van der Waals surface area contributed by atoms with Gasteiger partial charge in [-0.3, -0.25) is 4.79 Å². The van der Waals surface area contributed by atoms with E-state index in [2.05, 4.69) is 15.6 Å². The van der Waals surface area contributed by atoms with E-state index in [1.807, 2.05) is 44.5 Å². The van der Waals surface area contributed by atoms with E-state index in [0.29, 0.717) is 5.56 Å². The molecule has 0 radical (unpaired) electrons. The molecule has 5 nitrogen and oxygen atoms in total. The van der Waals surface area contributed by atoms with Crippen LogP contribution < -0.4 is 5.32 Å². The van der Waals surface area contributed by atoms with Crippen molar-refractivity contribution in [2.75, 3.05) is 0 Å². The fraction of sp³-hybridized carbons (Fsp3) is 0.462. The SMILES string of the molecule is CC(C)NC(=O)c1ccc2c(c1)nnn2C(C)C. The van der Waals surface area contributed by atoms with Crippen LogP contribution >= 0.6 is 0 Å². The Kier molecular flexibility index (Phi) is 3.32. The number of benzene rings is 1. The molecule has 0 saturated heterocycles. The monoisotopic (exact) mass is 246 g/mol. The van der Waals surface area contributed by atoms with Crippen LogP contribution in [0.25, 0.3) is 11.0 Å². The molecule has 0 spiro atoms. The summed E-state index contributed by atoms with van der Waals surface area (Å²) in [6.07, 6.45) is 0. The molecule has 1 N–H and O–H groups in total. The molecule has 1 heterocycles. The average Bonchev–Trinajstić information content (AvgIpc) is 2.70. The fourth-order valence-electron chi connectivity index (χ4n) is 1.81. The molecule has 0 fully saturated rings. The Hall–Kier alpha value is -1.91. The lowest BCUT2D eigenvalue weighted by Crippen LogP contribution is -2.29. The predicted octanol–water partition coefficient (Wildman–Crippen LogP) is 2.15. The number of carbonyl (C=O) groups is 1. The summed E-state index contributed by atoms with van der Waals surface area (Å²) in [7, 11) is 0. The quantitative estimate of drug-likeness (QED) is 0.902. The first-order valence-electron chi connectivity index (χ1n) is 6.15. The molecule has 0 saturated carbocycles. The van der Waals surface area contributed by atoms with Gasteiger partial charge in [0.25, 0.3) is 5.91 Å². The number of aromatic nitrogens is 3. The number of nitrogens with one attached hydrogen (secondary N) is 1. The Bertz CT molecular complexity index is 571. The number of amides is 1. The lowest BCUT2D eigenvalue weighted by Gasteiger charge is -2.08. The molecule has 0 atom stereocenters. The topological polar surface area (TPSA) is 59.8 Å². The molecule has 0 aliphatic heterocycles. The molecule has 18 heavy (non-hydrogen) atoms. The lowest BCUT2D eigenvalue weighted by atomic mass is 10.1. The molecule has 96 valence electrons. The van der Waals surface area contributed by atoms with Gasteiger partial charge in [0.2, 0.25) is 0 Å². The van der Waals surface area contributed by atoms with Crippen molar-refractivity contribution in [3.8, 4) is 0 Å². The first-order valence-corrected chi connectivity index (χ1v) is 6.15. The smallest absolute Gasteiger partial charge is 0.251 e. The van der Waals surface area contributed by atoms with Crippen molar-refractivity contribution in [2.45, 2.75) is 39.8 Å². The zero-order valence-electron chi connectivity index (χ0n) is 11.1. The van der Waals surface area contributed by atoms with Crippen LogP contribution in [0.3, 0.4) is 0 Å². The van der Waals surface area contributed by atoms with Gasteiger partial charge in [0.1, 0.15) is 5.52 Å². The summed E-state index contributed by atoms with van der Waals surface area (Å²) in [4.78, 5) is 11.9. The van der Waals surface area contributed by atoms with Crippen LogP contribution in [0.5, 0.6) is 0 Å². The van der Waals surface area contributed by atoms with Gasteiger partial charge < -0.3 is 5.32 Å². The standard InChI is InChI=1S/C13H18N4O/c1-8(2)14-13(18)10-5-6-12-11(7-10)15-16-17(12)9(3)4/h5-9H,1-4H3,(H,14,18). The Morgan fingerprint density at radius 1 is 1.28 bits per heavy atom. The number of hydrogen-bond donors (Lipinski definition) is 1. The second-order valence-electron chi connectivity index (χ2n) is 4.96. The third-order valence-corrected chi connectivity index (χ3v) is 2.64. The van der Waals surface area contributed by atoms with Gasteiger partial charge in [-0.1, -0.05) is 5.21 Å². The molecule has 2 aromatic rings. The van der Waals surface area contributed by atoms with Crippen molar-refractivity contribution in [1.82, 2.24) is 20.3 Å². The Balaban J connectivity index is 2.37. The molecule has 0 aliphatic carbocycles. The summed E-state index contributed by atoms with van der Waals surface area (Å²) < 4.78 is 1.85. The molecular weight excluding hydrogens is 228 g/mol. The van der Waals surface area contributed by atoms with Gasteiger partial charge in [-0.25, -0.2) is 4.68 Å². The minimum absolute atomic E-state index is 0.0778. The van der Waals surface area contributed by atoms with Crippen molar-refractivity contribution in [1.29, 1.82) is 0 Å². The highest BCUT2D eigenvalue weighted by Gasteiger charge is 2.11. The molecule has 0 bridgehead atoms. The van der Waals surface area contributed by atoms with Gasteiger partial charge >= 0.3 is 0 Å². The Morgan fingerprint density at radius 2 is 2.00 bits per heavy atom. The van der Waals surface area contributed by atoms with Crippen molar-refractivity contribution in [3.63, 3.8) is 0 Å². The van der Waals surface area contributed by atoms with Crippen molar-refractivity contribution < 1.29 is 4.79 Å². The van der Waals surface area contributed by atoms with Gasteiger partial charge in [-0.15, -0.1) is 5.10 Å². The Labute approximate surface area is 106 Å². The van der Waals surface area contributed by atoms with Crippen LogP contribution in [0.15, 0.2) is 18.2 Å². The number of fused-ring (bicyclic) bond motifs is 1. The highest BCUT2D eigenvalue weighted by Crippen LogP contribution is 2.17. The highest BCUT2D eigenvalue weighted by molar-refractivity contribution is 5.97. The third-order valence-electron chi connectivity index (χ3n) is 2.64. The molecule has 0 aliphatic rings. The second kappa shape index (κ2) is 4.76. The molecule has 5 heteroatoms. The molecule has 1 aromatic carbocycles. The lowest BCUT2D eigenvalue weighted by molar-refractivity contribution is 0.0943. The second-order valence-corrected chi connectivity index (χ2v) is 4.96. The summed E-state index contributed by atoms with van der Waals surface area (Å²) in [5.41, 5.74) is 2.32. The van der Waals surface area contributed by atoms with Gasteiger partial charge in [0.15, 0.2) is 0 Å².